The highest BCUT2D eigenvalue weighted by molar-refractivity contribution is 6.33. The van der Waals surface area contributed by atoms with E-state index >= 15 is 0 Å². The first-order valence-corrected chi connectivity index (χ1v) is 6.24. The summed E-state index contributed by atoms with van der Waals surface area (Å²) < 4.78 is 0. The van der Waals surface area contributed by atoms with E-state index in [-0.39, 0.29) is 11.4 Å². The van der Waals surface area contributed by atoms with Crippen molar-refractivity contribution in [1.82, 2.24) is 15.2 Å². The molecule has 2 aromatic rings. The van der Waals surface area contributed by atoms with E-state index in [0.29, 0.717) is 22.9 Å². The van der Waals surface area contributed by atoms with Crippen LogP contribution in [0.5, 0.6) is 0 Å². The maximum atomic E-state index is 12.0. The predicted molar refractivity (Wildman–Crippen MR) is 76.2 cm³/mol. The molecular weight excluding hydrogens is 282 g/mol. The van der Waals surface area contributed by atoms with E-state index in [1.54, 1.807) is 0 Å². The monoisotopic (exact) mass is 293 g/mol. The van der Waals surface area contributed by atoms with Crippen molar-refractivity contribution in [1.29, 1.82) is 0 Å². The summed E-state index contributed by atoms with van der Waals surface area (Å²) in [5.74, 6) is 0.344. The quantitative estimate of drug-likeness (QED) is 0.793. The molecule has 8 heteroatoms. The Balaban J connectivity index is 2.15. The van der Waals surface area contributed by atoms with Gasteiger partial charge < -0.3 is 10.6 Å². The van der Waals surface area contributed by atoms with Crippen molar-refractivity contribution < 1.29 is 4.79 Å². The van der Waals surface area contributed by atoms with Crippen molar-refractivity contribution in [2.24, 2.45) is 0 Å². The van der Waals surface area contributed by atoms with Crippen molar-refractivity contribution in [3.8, 4) is 0 Å². The third-order valence-corrected chi connectivity index (χ3v) is 2.66. The Morgan fingerprint density at radius 2 is 2.25 bits per heavy atom. The molecule has 0 saturated heterocycles. The molecule has 3 N–H and O–H groups in total. The topological polar surface area (TPSA) is 99.8 Å². The Kier molecular flexibility index (Phi) is 4.31. The van der Waals surface area contributed by atoms with Gasteiger partial charge in [0, 0.05) is 18.8 Å². The van der Waals surface area contributed by atoms with E-state index in [1.165, 1.54) is 24.4 Å². The van der Waals surface area contributed by atoms with Crippen molar-refractivity contribution >= 4 is 29.1 Å². The number of nitrogens with zero attached hydrogens (tertiary/aromatic N) is 2. The first-order chi connectivity index (χ1) is 9.60. The van der Waals surface area contributed by atoms with Crippen LogP contribution in [0.1, 0.15) is 17.3 Å². The van der Waals surface area contributed by atoms with Gasteiger partial charge in [0.05, 0.1) is 10.6 Å². The van der Waals surface area contributed by atoms with Crippen LogP contribution in [0.3, 0.4) is 0 Å². The summed E-state index contributed by atoms with van der Waals surface area (Å²) in [6.07, 6.45) is 1.41. The third kappa shape index (κ3) is 3.33. The van der Waals surface area contributed by atoms with E-state index in [2.05, 4.69) is 25.8 Å². The standard InChI is InChI=1S/C12H12ClN5O2/c1-2-14-11-8(13)5-7(6-15-11)12(20)16-9-3-4-10(19)18-17-9/h3-6H,2H2,1H3,(H,14,15)(H,18,19)(H,16,17,20). The van der Waals surface area contributed by atoms with Gasteiger partial charge in [-0.3, -0.25) is 9.59 Å². The zero-order valence-corrected chi connectivity index (χ0v) is 11.4. The minimum absolute atomic E-state index is 0.237. The van der Waals surface area contributed by atoms with Gasteiger partial charge in [-0.2, -0.15) is 5.10 Å². The van der Waals surface area contributed by atoms with Crippen molar-refractivity contribution in [2.45, 2.75) is 6.92 Å². The molecule has 104 valence electrons. The van der Waals surface area contributed by atoms with Gasteiger partial charge in [-0.05, 0) is 19.1 Å². The van der Waals surface area contributed by atoms with E-state index in [9.17, 15) is 9.59 Å². The molecule has 20 heavy (non-hydrogen) atoms. The maximum absolute atomic E-state index is 12.0. The maximum Gasteiger partial charge on any atom is 0.264 e. The number of aromatic amines is 1. The number of halogens is 1. The Hall–Kier alpha value is -2.41. The molecule has 7 nitrogen and oxygen atoms in total. The lowest BCUT2D eigenvalue weighted by Crippen LogP contribution is -2.16. The highest BCUT2D eigenvalue weighted by atomic mass is 35.5. The summed E-state index contributed by atoms with van der Waals surface area (Å²) in [7, 11) is 0. The number of carbonyl (C=O) groups excluding carboxylic acids is 1. The molecule has 0 bridgehead atoms. The number of rotatable bonds is 4. The van der Waals surface area contributed by atoms with Crippen molar-refractivity contribution in [3.05, 3.63) is 45.3 Å². The van der Waals surface area contributed by atoms with Crippen molar-refractivity contribution in [2.75, 3.05) is 17.2 Å². The zero-order valence-electron chi connectivity index (χ0n) is 10.6. The number of amides is 1. The summed E-state index contributed by atoms with van der Waals surface area (Å²) in [6, 6.07) is 4.18. The highest BCUT2D eigenvalue weighted by Gasteiger charge is 2.10. The van der Waals surface area contributed by atoms with Crippen LogP contribution in [0.2, 0.25) is 5.02 Å². The lowest BCUT2D eigenvalue weighted by atomic mass is 10.2. The van der Waals surface area contributed by atoms with Gasteiger partial charge in [0.2, 0.25) is 0 Å². The number of aromatic nitrogens is 3. The molecule has 0 aliphatic rings. The van der Waals surface area contributed by atoms with Gasteiger partial charge in [0.1, 0.15) is 5.82 Å². The van der Waals surface area contributed by atoms with Crippen molar-refractivity contribution in [3.63, 3.8) is 0 Å². The highest BCUT2D eigenvalue weighted by Crippen LogP contribution is 2.20. The molecule has 0 unspecified atom stereocenters. The average Bonchev–Trinajstić information content (AvgIpc) is 2.44. The summed E-state index contributed by atoms with van der Waals surface area (Å²) >= 11 is 6.01. The number of H-pyrrole nitrogens is 1. The number of anilines is 2. The first-order valence-electron chi connectivity index (χ1n) is 5.86. The van der Waals surface area contributed by atoms with Crippen LogP contribution in [0.25, 0.3) is 0 Å². The summed E-state index contributed by atoms with van der Waals surface area (Å²) in [4.78, 5) is 26.9. The number of hydrogen-bond donors (Lipinski definition) is 3. The normalized spacial score (nSPS) is 10.1. The Labute approximate surface area is 119 Å². The summed E-state index contributed by atoms with van der Waals surface area (Å²) in [5, 5.41) is 11.8. The Morgan fingerprint density at radius 3 is 2.85 bits per heavy atom. The molecule has 1 amide bonds. The van der Waals surface area contributed by atoms with Crippen LogP contribution >= 0.6 is 11.6 Å². The van der Waals surface area contributed by atoms with Gasteiger partial charge >= 0.3 is 0 Å². The lowest BCUT2D eigenvalue weighted by molar-refractivity contribution is 0.102. The fourth-order valence-electron chi connectivity index (χ4n) is 1.46. The smallest absolute Gasteiger partial charge is 0.264 e. The van der Waals surface area contributed by atoms with Gasteiger partial charge in [-0.1, -0.05) is 11.6 Å². The molecule has 2 heterocycles. The van der Waals surface area contributed by atoms with Crippen LogP contribution in [0.4, 0.5) is 11.6 Å². The third-order valence-electron chi connectivity index (χ3n) is 2.37. The fraction of sp³-hybridized carbons (Fsp3) is 0.167. The second-order valence-electron chi connectivity index (χ2n) is 3.85. The second-order valence-corrected chi connectivity index (χ2v) is 4.25. The van der Waals surface area contributed by atoms with E-state index in [4.69, 9.17) is 11.6 Å². The molecule has 0 radical (unpaired) electrons. The molecule has 2 rings (SSSR count). The summed E-state index contributed by atoms with van der Waals surface area (Å²) in [6.45, 7) is 2.60. The van der Waals surface area contributed by atoms with E-state index < -0.39 is 5.91 Å². The molecule has 2 aromatic heterocycles. The van der Waals surface area contributed by atoms with Gasteiger partial charge in [0.15, 0.2) is 5.82 Å². The molecule has 0 spiro atoms. The molecule has 0 aliphatic heterocycles. The van der Waals surface area contributed by atoms with Crippen LogP contribution in [-0.4, -0.2) is 27.6 Å². The number of hydrogen-bond acceptors (Lipinski definition) is 5. The lowest BCUT2D eigenvalue weighted by Gasteiger charge is -2.07. The zero-order chi connectivity index (χ0) is 14.5. The molecule has 0 aromatic carbocycles. The van der Waals surface area contributed by atoms with Crippen LogP contribution in [0, 0.1) is 0 Å². The van der Waals surface area contributed by atoms with Gasteiger partial charge in [0.25, 0.3) is 11.5 Å². The predicted octanol–water partition coefficient (Wildman–Crippen LogP) is 1.50. The van der Waals surface area contributed by atoms with Crippen LogP contribution < -0.4 is 16.2 Å². The minimum Gasteiger partial charge on any atom is -0.369 e. The fourth-order valence-corrected chi connectivity index (χ4v) is 1.70. The summed E-state index contributed by atoms with van der Waals surface area (Å²) in [5.41, 5.74) is -0.0487. The molecule has 0 aliphatic carbocycles. The molecule has 0 saturated carbocycles. The van der Waals surface area contributed by atoms with Crippen LogP contribution in [0.15, 0.2) is 29.2 Å². The Morgan fingerprint density at radius 1 is 1.45 bits per heavy atom. The van der Waals surface area contributed by atoms with E-state index in [0.717, 1.165) is 0 Å². The Bertz CT molecular complexity index is 665. The van der Waals surface area contributed by atoms with Crippen LogP contribution in [-0.2, 0) is 0 Å². The molecule has 0 atom stereocenters. The second kappa shape index (κ2) is 6.16. The number of carbonyl (C=O) groups is 1. The van der Waals surface area contributed by atoms with Gasteiger partial charge in [-0.25, -0.2) is 10.1 Å². The van der Waals surface area contributed by atoms with E-state index in [1.807, 2.05) is 6.92 Å². The molecule has 0 fully saturated rings. The number of pyridine rings is 1. The first kappa shape index (κ1) is 14.0. The van der Waals surface area contributed by atoms with Gasteiger partial charge in [-0.15, -0.1) is 0 Å². The largest absolute Gasteiger partial charge is 0.369 e. The SMILES string of the molecule is CCNc1ncc(C(=O)Nc2ccc(=O)[nH]n2)cc1Cl. The number of nitrogens with one attached hydrogen (secondary N) is 3. The minimum atomic E-state index is -0.415. The molecular formula is C12H12ClN5O2. The average molecular weight is 294 g/mol.